The molecule has 61 heavy (non-hydrogen) atoms. The van der Waals surface area contributed by atoms with E-state index in [0.29, 0.717) is 39.0 Å². The molecular formula is C53H101NO7. The highest BCUT2D eigenvalue weighted by atomic mass is 16.5. The molecular weight excluding hydrogens is 763 g/mol. The van der Waals surface area contributed by atoms with Gasteiger partial charge in [0.25, 0.3) is 0 Å². The van der Waals surface area contributed by atoms with Gasteiger partial charge < -0.3 is 19.3 Å². The first-order valence-corrected chi connectivity index (χ1v) is 26.8. The second kappa shape index (κ2) is 42.3. The third-order valence-electron chi connectivity index (χ3n) is 12.9. The van der Waals surface area contributed by atoms with Crippen molar-refractivity contribution in [2.24, 2.45) is 0 Å². The van der Waals surface area contributed by atoms with Crippen LogP contribution in [0.1, 0.15) is 278 Å². The summed E-state index contributed by atoms with van der Waals surface area (Å²) in [6.45, 7) is 10.6. The summed E-state index contributed by atoms with van der Waals surface area (Å²) >= 11 is 0. The number of esters is 3. The molecule has 0 aromatic heterocycles. The highest BCUT2D eigenvalue weighted by Crippen LogP contribution is 2.23. The largest absolute Gasteiger partial charge is 0.465 e. The first kappa shape index (κ1) is 57.3. The van der Waals surface area contributed by atoms with E-state index in [0.717, 1.165) is 103 Å². The van der Waals surface area contributed by atoms with E-state index >= 15 is 0 Å². The third-order valence-corrected chi connectivity index (χ3v) is 12.9. The highest BCUT2D eigenvalue weighted by molar-refractivity contribution is 5.76. The zero-order valence-electron chi connectivity index (χ0n) is 40.9. The standard InChI is InChI=1S/C53H101NO7/c1-5-9-13-17-22-29-37-48(38-30-23-18-14-10-6-2)60-51(56)41-33-26-21-27-36-44-59-53(58)50-45-47(55)46-54(50)43-35-28-34-42-52(57)61-49(39-31-24-19-15-11-7-3)40-32-25-20-16-12-8-4/h47-50,55H,5-46H2,1-4H3/t47?,50-/m0/s1. The van der Waals surface area contributed by atoms with Crippen LogP contribution in [0.15, 0.2) is 0 Å². The number of unbranched alkanes of at least 4 members (excludes halogenated alkanes) is 26. The van der Waals surface area contributed by atoms with Crippen molar-refractivity contribution in [1.29, 1.82) is 0 Å². The Morgan fingerprint density at radius 2 is 0.820 bits per heavy atom. The summed E-state index contributed by atoms with van der Waals surface area (Å²) in [5.41, 5.74) is 0. The van der Waals surface area contributed by atoms with Crippen molar-refractivity contribution in [2.75, 3.05) is 19.7 Å². The number of β-amino-alcohol motifs (C(OH)–C–C–N with tert-alkyl or cyclic N) is 1. The van der Waals surface area contributed by atoms with Crippen LogP contribution < -0.4 is 0 Å². The van der Waals surface area contributed by atoms with Crippen molar-refractivity contribution < 1.29 is 33.7 Å². The summed E-state index contributed by atoms with van der Waals surface area (Å²) in [5, 5.41) is 10.4. The number of nitrogens with zero attached hydrogens (tertiary/aromatic N) is 1. The molecule has 1 N–H and O–H groups in total. The van der Waals surface area contributed by atoms with Crippen molar-refractivity contribution in [3.05, 3.63) is 0 Å². The molecule has 1 aliphatic heterocycles. The van der Waals surface area contributed by atoms with Gasteiger partial charge in [-0.25, -0.2) is 0 Å². The smallest absolute Gasteiger partial charge is 0.323 e. The van der Waals surface area contributed by atoms with Gasteiger partial charge in [-0.2, -0.15) is 0 Å². The number of aliphatic hydroxyl groups is 1. The van der Waals surface area contributed by atoms with Gasteiger partial charge in [-0.05, 0) is 83.6 Å². The number of ether oxygens (including phenoxy) is 3. The van der Waals surface area contributed by atoms with Crippen molar-refractivity contribution in [1.82, 2.24) is 4.90 Å². The molecule has 1 saturated heterocycles. The Hall–Kier alpha value is -1.67. The maximum absolute atomic E-state index is 13.0. The Morgan fingerprint density at radius 1 is 0.475 bits per heavy atom. The molecule has 0 spiro atoms. The lowest BCUT2D eigenvalue weighted by Gasteiger charge is -2.22. The van der Waals surface area contributed by atoms with Crippen molar-refractivity contribution in [3.63, 3.8) is 0 Å². The van der Waals surface area contributed by atoms with Crippen LogP contribution in [0.25, 0.3) is 0 Å². The quantitative estimate of drug-likeness (QED) is 0.0367. The molecule has 8 nitrogen and oxygen atoms in total. The summed E-state index contributed by atoms with van der Waals surface area (Å²) < 4.78 is 17.7. The second-order valence-electron chi connectivity index (χ2n) is 18.8. The van der Waals surface area contributed by atoms with Gasteiger partial charge in [-0.15, -0.1) is 0 Å². The predicted molar refractivity (Wildman–Crippen MR) is 255 cm³/mol. The van der Waals surface area contributed by atoms with E-state index in [4.69, 9.17) is 14.2 Å². The molecule has 0 aromatic carbocycles. The van der Waals surface area contributed by atoms with E-state index in [2.05, 4.69) is 32.6 Å². The van der Waals surface area contributed by atoms with E-state index in [-0.39, 0.29) is 30.1 Å². The first-order valence-electron chi connectivity index (χ1n) is 26.8. The van der Waals surface area contributed by atoms with Crippen LogP contribution in [0.2, 0.25) is 0 Å². The Labute approximate surface area is 377 Å². The van der Waals surface area contributed by atoms with Crippen LogP contribution in [0.4, 0.5) is 0 Å². The zero-order valence-corrected chi connectivity index (χ0v) is 40.9. The minimum atomic E-state index is -0.518. The van der Waals surface area contributed by atoms with Gasteiger partial charge >= 0.3 is 17.9 Å². The number of rotatable bonds is 45. The van der Waals surface area contributed by atoms with Gasteiger partial charge in [0.2, 0.25) is 0 Å². The fourth-order valence-corrected chi connectivity index (χ4v) is 8.93. The van der Waals surface area contributed by atoms with Crippen molar-refractivity contribution >= 4 is 17.9 Å². The first-order chi connectivity index (χ1) is 29.8. The molecule has 0 radical (unpaired) electrons. The number of likely N-dealkylation sites (tertiary alicyclic amines) is 1. The normalized spacial score (nSPS) is 15.6. The minimum Gasteiger partial charge on any atom is -0.465 e. The summed E-state index contributed by atoms with van der Waals surface area (Å²) in [6, 6.07) is -0.401. The predicted octanol–water partition coefficient (Wildman–Crippen LogP) is 14.7. The number of carbonyl (C=O) groups excluding carboxylic acids is 3. The highest BCUT2D eigenvalue weighted by Gasteiger charge is 2.36. The average Bonchev–Trinajstić information content (AvgIpc) is 3.63. The molecule has 1 rings (SSSR count). The molecule has 360 valence electrons. The Morgan fingerprint density at radius 3 is 1.23 bits per heavy atom. The number of hydrogen-bond donors (Lipinski definition) is 1. The van der Waals surface area contributed by atoms with Gasteiger partial charge in [0, 0.05) is 25.8 Å². The Kier molecular flexibility index (Phi) is 39.8. The van der Waals surface area contributed by atoms with Gasteiger partial charge in [-0.3, -0.25) is 19.3 Å². The van der Waals surface area contributed by atoms with Crippen LogP contribution in [0.3, 0.4) is 0 Å². The summed E-state index contributed by atoms with van der Waals surface area (Å²) in [4.78, 5) is 40.7. The Balaban J connectivity index is 2.28. The molecule has 1 fully saturated rings. The molecule has 1 aliphatic rings. The van der Waals surface area contributed by atoms with Crippen molar-refractivity contribution in [2.45, 2.75) is 302 Å². The van der Waals surface area contributed by atoms with Crippen molar-refractivity contribution in [3.8, 4) is 0 Å². The molecule has 1 heterocycles. The lowest BCUT2D eigenvalue weighted by Crippen LogP contribution is -2.38. The van der Waals surface area contributed by atoms with Gasteiger partial charge in [-0.1, -0.05) is 182 Å². The minimum absolute atomic E-state index is 0.0389. The van der Waals surface area contributed by atoms with E-state index in [9.17, 15) is 19.5 Å². The number of aliphatic hydroxyl groups excluding tert-OH is 1. The van der Waals surface area contributed by atoms with Gasteiger partial charge in [0.15, 0.2) is 0 Å². The monoisotopic (exact) mass is 864 g/mol. The lowest BCUT2D eigenvalue weighted by atomic mass is 10.0. The summed E-state index contributed by atoms with van der Waals surface area (Å²) in [7, 11) is 0. The van der Waals surface area contributed by atoms with E-state index in [1.54, 1.807) is 0 Å². The molecule has 0 aromatic rings. The number of hydrogen-bond acceptors (Lipinski definition) is 8. The van der Waals surface area contributed by atoms with E-state index < -0.39 is 12.1 Å². The molecule has 0 bridgehead atoms. The van der Waals surface area contributed by atoms with Crippen LogP contribution >= 0.6 is 0 Å². The summed E-state index contributed by atoms with van der Waals surface area (Å²) in [5.74, 6) is -0.340. The van der Waals surface area contributed by atoms with E-state index in [1.807, 2.05) is 0 Å². The van der Waals surface area contributed by atoms with Crippen LogP contribution in [0, 0.1) is 0 Å². The van der Waals surface area contributed by atoms with Gasteiger partial charge in [0.05, 0.1) is 12.7 Å². The fourth-order valence-electron chi connectivity index (χ4n) is 8.93. The van der Waals surface area contributed by atoms with Crippen LogP contribution in [-0.4, -0.2) is 72.0 Å². The van der Waals surface area contributed by atoms with Crippen LogP contribution in [-0.2, 0) is 28.6 Å². The van der Waals surface area contributed by atoms with Gasteiger partial charge in [0.1, 0.15) is 18.2 Å². The molecule has 1 unspecified atom stereocenters. The lowest BCUT2D eigenvalue weighted by molar-refractivity contribution is -0.151. The third kappa shape index (κ3) is 34.4. The molecule has 0 amide bonds. The molecule has 0 aliphatic carbocycles. The fraction of sp³-hybridized carbons (Fsp3) is 0.943. The zero-order chi connectivity index (χ0) is 44.4. The van der Waals surface area contributed by atoms with E-state index in [1.165, 1.54) is 128 Å². The average molecular weight is 864 g/mol. The maximum atomic E-state index is 13.0. The summed E-state index contributed by atoms with van der Waals surface area (Å²) in [6.07, 6.45) is 42.2. The molecule has 2 atom stereocenters. The second-order valence-corrected chi connectivity index (χ2v) is 18.8. The topological polar surface area (TPSA) is 102 Å². The maximum Gasteiger partial charge on any atom is 0.323 e. The number of carbonyl (C=O) groups is 3. The molecule has 0 saturated carbocycles. The van der Waals surface area contributed by atoms with Crippen LogP contribution in [0.5, 0.6) is 0 Å². The SMILES string of the molecule is CCCCCCCCC(CCCCCCCC)OC(=O)CCCCCCCOC(=O)[C@@H]1CC(O)CN1CCCCCC(=O)OC(CCCCCCCC)CCCCCCCC. The molecule has 8 heteroatoms. The Bertz CT molecular complexity index is 975.